The highest BCUT2D eigenvalue weighted by atomic mass is 16.5. The van der Waals surface area contributed by atoms with Gasteiger partial charge in [0.05, 0.1) is 18.8 Å². The number of hydrogen-bond donors (Lipinski definition) is 1. The van der Waals surface area contributed by atoms with Crippen LogP contribution in [-0.2, 0) is 11.2 Å². The first-order chi connectivity index (χ1) is 8.77. The van der Waals surface area contributed by atoms with Gasteiger partial charge < -0.3 is 15.2 Å². The van der Waals surface area contributed by atoms with Gasteiger partial charge in [-0.25, -0.2) is 0 Å². The summed E-state index contributed by atoms with van der Waals surface area (Å²) in [5.74, 6) is 0.995. The zero-order valence-electron chi connectivity index (χ0n) is 11.3. The summed E-state index contributed by atoms with van der Waals surface area (Å²) in [4.78, 5) is 0. The first-order valence-corrected chi connectivity index (χ1v) is 6.89. The van der Waals surface area contributed by atoms with Crippen LogP contribution in [0.15, 0.2) is 18.2 Å². The van der Waals surface area contributed by atoms with Crippen molar-refractivity contribution in [2.45, 2.75) is 45.3 Å². The quantitative estimate of drug-likeness (QED) is 0.872. The highest BCUT2D eigenvalue weighted by Gasteiger charge is 2.24. The minimum atomic E-state index is -0.108. The molecule has 1 aromatic rings. The Morgan fingerprint density at radius 3 is 2.94 bits per heavy atom. The normalized spacial score (nSPS) is 17.7. The second-order valence-electron chi connectivity index (χ2n) is 4.72. The van der Waals surface area contributed by atoms with E-state index < -0.39 is 0 Å². The standard InChI is InChI=1S/C15H23NO2/c1-3-13(17-4-2)14(16)12-9-5-7-11-8-6-10-18-15(11)12/h5,7,9,13-14H,3-4,6,8,10,16H2,1-2H3. The summed E-state index contributed by atoms with van der Waals surface area (Å²) in [5, 5.41) is 0. The highest BCUT2D eigenvalue weighted by Crippen LogP contribution is 2.34. The molecule has 1 aliphatic rings. The number of nitrogens with two attached hydrogens (primary N) is 1. The summed E-state index contributed by atoms with van der Waals surface area (Å²) >= 11 is 0. The summed E-state index contributed by atoms with van der Waals surface area (Å²) in [6.45, 7) is 5.60. The molecule has 2 N–H and O–H groups in total. The molecule has 0 radical (unpaired) electrons. The smallest absolute Gasteiger partial charge is 0.127 e. The fraction of sp³-hybridized carbons (Fsp3) is 0.600. The predicted octanol–water partition coefficient (Wildman–Crippen LogP) is 2.83. The van der Waals surface area contributed by atoms with Crippen molar-refractivity contribution in [1.82, 2.24) is 0 Å². The fourth-order valence-corrected chi connectivity index (χ4v) is 2.57. The number of fused-ring (bicyclic) bond motifs is 1. The molecule has 18 heavy (non-hydrogen) atoms. The Labute approximate surface area is 109 Å². The molecule has 0 aliphatic carbocycles. The maximum Gasteiger partial charge on any atom is 0.127 e. The van der Waals surface area contributed by atoms with Crippen molar-refractivity contribution in [2.75, 3.05) is 13.2 Å². The fourth-order valence-electron chi connectivity index (χ4n) is 2.57. The SMILES string of the molecule is CCOC(CC)C(N)c1cccc2c1OCCC2. The van der Waals surface area contributed by atoms with Crippen molar-refractivity contribution in [3.63, 3.8) is 0 Å². The van der Waals surface area contributed by atoms with Gasteiger partial charge >= 0.3 is 0 Å². The molecule has 0 aromatic heterocycles. The molecule has 2 rings (SSSR count). The molecule has 0 fully saturated rings. The van der Waals surface area contributed by atoms with E-state index in [0.717, 1.165) is 37.2 Å². The Kier molecular flexibility index (Phi) is 4.61. The Bertz CT molecular complexity index is 392. The first-order valence-electron chi connectivity index (χ1n) is 6.89. The van der Waals surface area contributed by atoms with Crippen LogP contribution in [0.4, 0.5) is 0 Å². The van der Waals surface area contributed by atoms with Gasteiger partial charge in [-0.2, -0.15) is 0 Å². The number of hydrogen-bond acceptors (Lipinski definition) is 3. The third-order valence-electron chi connectivity index (χ3n) is 3.51. The van der Waals surface area contributed by atoms with E-state index in [0.29, 0.717) is 6.61 Å². The molecule has 0 bridgehead atoms. The number of para-hydroxylation sites is 1. The van der Waals surface area contributed by atoms with Crippen LogP contribution < -0.4 is 10.5 Å². The molecule has 0 spiro atoms. The maximum atomic E-state index is 6.35. The summed E-state index contributed by atoms with van der Waals surface area (Å²) in [5.41, 5.74) is 8.72. The average molecular weight is 249 g/mol. The number of ether oxygens (including phenoxy) is 2. The summed E-state index contributed by atoms with van der Waals surface area (Å²) in [6, 6.07) is 6.16. The minimum absolute atomic E-state index is 0.0621. The Morgan fingerprint density at radius 2 is 2.22 bits per heavy atom. The lowest BCUT2D eigenvalue weighted by Crippen LogP contribution is -2.29. The predicted molar refractivity (Wildman–Crippen MR) is 72.9 cm³/mol. The third kappa shape index (κ3) is 2.68. The van der Waals surface area contributed by atoms with Crippen LogP contribution in [0.5, 0.6) is 5.75 Å². The largest absolute Gasteiger partial charge is 0.493 e. The van der Waals surface area contributed by atoms with Crippen LogP contribution in [0.25, 0.3) is 0 Å². The van der Waals surface area contributed by atoms with E-state index in [9.17, 15) is 0 Å². The summed E-state index contributed by atoms with van der Waals surface area (Å²) in [7, 11) is 0. The lowest BCUT2D eigenvalue weighted by molar-refractivity contribution is 0.0405. The number of aryl methyl sites for hydroxylation is 1. The van der Waals surface area contributed by atoms with Crippen molar-refractivity contribution >= 4 is 0 Å². The van der Waals surface area contributed by atoms with Crippen molar-refractivity contribution in [3.05, 3.63) is 29.3 Å². The van der Waals surface area contributed by atoms with E-state index in [1.165, 1.54) is 5.56 Å². The maximum absolute atomic E-state index is 6.35. The lowest BCUT2D eigenvalue weighted by Gasteiger charge is -2.27. The molecule has 2 unspecified atom stereocenters. The van der Waals surface area contributed by atoms with Crippen molar-refractivity contribution in [3.8, 4) is 5.75 Å². The van der Waals surface area contributed by atoms with Crippen molar-refractivity contribution in [2.24, 2.45) is 5.73 Å². The van der Waals surface area contributed by atoms with Crippen LogP contribution in [0, 0.1) is 0 Å². The van der Waals surface area contributed by atoms with E-state index in [-0.39, 0.29) is 12.1 Å². The third-order valence-corrected chi connectivity index (χ3v) is 3.51. The van der Waals surface area contributed by atoms with E-state index in [2.05, 4.69) is 25.1 Å². The van der Waals surface area contributed by atoms with Gasteiger partial charge in [-0.1, -0.05) is 25.1 Å². The molecular weight excluding hydrogens is 226 g/mol. The van der Waals surface area contributed by atoms with Gasteiger partial charge in [-0.05, 0) is 31.7 Å². The van der Waals surface area contributed by atoms with Crippen LogP contribution in [-0.4, -0.2) is 19.3 Å². The summed E-state index contributed by atoms with van der Waals surface area (Å²) in [6.07, 6.45) is 3.15. The molecule has 2 atom stereocenters. The van der Waals surface area contributed by atoms with E-state index in [4.69, 9.17) is 15.2 Å². The monoisotopic (exact) mass is 249 g/mol. The molecule has 1 heterocycles. The molecule has 100 valence electrons. The van der Waals surface area contributed by atoms with Crippen molar-refractivity contribution < 1.29 is 9.47 Å². The molecule has 1 aliphatic heterocycles. The van der Waals surface area contributed by atoms with Gasteiger partial charge in [0.1, 0.15) is 5.75 Å². The molecule has 0 saturated carbocycles. The molecule has 0 amide bonds. The zero-order valence-corrected chi connectivity index (χ0v) is 11.3. The zero-order chi connectivity index (χ0) is 13.0. The van der Waals surface area contributed by atoms with Gasteiger partial charge in [0, 0.05) is 12.2 Å². The average Bonchev–Trinajstić information content (AvgIpc) is 2.43. The van der Waals surface area contributed by atoms with E-state index in [1.807, 2.05) is 6.92 Å². The second kappa shape index (κ2) is 6.21. The Morgan fingerprint density at radius 1 is 1.39 bits per heavy atom. The first kappa shape index (κ1) is 13.4. The summed E-state index contributed by atoms with van der Waals surface area (Å²) < 4.78 is 11.5. The Hall–Kier alpha value is -1.06. The van der Waals surface area contributed by atoms with Crippen LogP contribution in [0.2, 0.25) is 0 Å². The van der Waals surface area contributed by atoms with E-state index >= 15 is 0 Å². The van der Waals surface area contributed by atoms with Crippen LogP contribution in [0.3, 0.4) is 0 Å². The molecule has 3 nitrogen and oxygen atoms in total. The molecule has 0 saturated heterocycles. The van der Waals surface area contributed by atoms with Gasteiger partial charge in [-0.15, -0.1) is 0 Å². The number of benzene rings is 1. The van der Waals surface area contributed by atoms with Gasteiger partial charge in [0.15, 0.2) is 0 Å². The van der Waals surface area contributed by atoms with E-state index in [1.54, 1.807) is 0 Å². The Balaban J connectivity index is 2.26. The van der Waals surface area contributed by atoms with Gasteiger partial charge in [0.2, 0.25) is 0 Å². The lowest BCUT2D eigenvalue weighted by atomic mass is 9.94. The minimum Gasteiger partial charge on any atom is -0.493 e. The second-order valence-corrected chi connectivity index (χ2v) is 4.72. The van der Waals surface area contributed by atoms with Gasteiger partial charge in [-0.3, -0.25) is 0 Å². The van der Waals surface area contributed by atoms with Crippen molar-refractivity contribution in [1.29, 1.82) is 0 Å². The number of rotatable bonds is 5. The molecular formula is C15H23NO2. The topological polar surface area (TPSA) is 44.5 Å². The molecule has 1 aromatic carbocycles. The highest BCUT2D eigenvalue weighted by molar-refractivity contribution is 5.44. The molecule has 3 heteroatoms. The van der Waals surface area contributed by atoms with Gasteiger partial charge in [0.25, 0.3) is 0 Å². The van der Waals surface area contributed by atoms with Crippen LogP contribution in [0.1, 0.15) is 43.9 Å². The van der Waals surface area contributed by atoms with Crippen LogP contribution >= 0.6 is 0 Å².